The van der Waals surface area contributed by atoms with Crippen molar-refractivity contribution < 1.29 is 8.78 Å². The van der Waals surface area contributed by atoms with E-state index in [-0.39, 0.29) is 18.8 Å². The number of nitriles is 2. The summed E-state index contributed by atoms with van der Waals surface area (Å²) in [4.78, 5) is 1.68. The Kier molecular flexibility index (Phi) is 6.38. The number of nitrogens with zero attached hydrogens (tertiary/aromatic N) is 6. The van der Waals surface area contributed by atoms with Crippen LogP contribution < -0.4 is 4.90 Å². The Bertz CT molecular complexity index is 1330. The fourth-order valence-electron chi connectivity index (χ4n) is 3.45. The topological polar surface area (TPSA) is 81.5 Å². The second-order valence-electron chi connectivity index (χ2n) is 7.42. The molecule has 0 N–H and O–H groups in total. The molecular formula is C25H18F2N6. The third-order valence-corrected chi connectivity index (χ3v) is 5.19. The molecule has 4 rings (SSSR count). The first-order chi connectivity index (χ1) is 16.1. The molecular weight excluding hydrogens is 422 g/mol. The molecule has 1 aromatic heterocycles. The van der Waals surface area contributed by atoms with Crippen molar-refractivity contribution in [2.75, 3.05) is 4.90 Å². The number of anilines is 1. The zero-order valence-electron chi connectivity index (χ0n) is 17.5. The van der Waals surface area contributed by atoms with Gasteiger partial charge in [0.1, 0.15) is 6.33 Å². The summed E-state index contributed by atoms with van der Waals surface area (Å²) in [6.07, 6.45) is 1.58. The molecule has 0 amide bonds. The number of aromatic nitrogens is 3. The molecule has 0 spiro atoms. The smallest absolute Gasteiger partial charge is 0.182 e. The zero-order valence-corrected chi connectivity index (χ0v) is 17.5. The summed E-state index contributed by atoms with van der Waals surface area (Å²) in [5.41, 5.74) is 2.97. The standard InChI is InChI=1S/C25H18F2N6/c26-22-2-1-3-23(25(22)27)32(14-20-8-4-18(12-28)5-9-20)16-24-31-30-17-33(24)15-21-10-6-19(13-29)7-11-21/h1-11,17H,14-16H2. The maximum Gasteiger partial charge on any atom is 0.182 e. The first-order valence-electron chi connectivity index (χ1n) is 10.1. The fraction of sp³-hybridized carbons (Fsp3) is 0.120. The molecule has 1 heterocycles. The number of halogens is 2. The van der Waals surface area contributed by atoms with Crippen LogP contribution in [0.3, 0.4) is 0 Å². The van der Waals surface area contributed by atoms with Crippen molar-refractivity contribution in [1.29, 1.82) is 10.5 Å². The Morgan fingerprint density at radius 1 is 0.818 bits per heavy atom. The molecule has 6 nitrogen and oxygen atoms in total. The maximum absolute atomic E-state index is 14.7. The predicted octanol–water partition coefficient (Wildman–Crippen LogP) is 4.55. The van der Waals surface area contributed by atoms with Gasteiger partial charge in [0.25, 0.3) is 0 Å². The van der Waals surface area contributed by atoms with Crippen molar-refractivity contribution >= 4 is 5.69 Å². The van der Waals surface area contributed by atoms with Crippen LogP contribution in [0.2, 0.25) is 0 Å². The number of hydrogen-bond donors (Lipinski definition) is 0. The van der Waals surface area contributed by atoms with Crippen LogP contribution in [0.1, 0.15) is 28.1 Å². The predicted molar refractivity (Wildman–Crippen MR) is 118 cm³/mol. The van der Waals surface area contributed by atoms with E-state index in [0.717, 1.165) is 17.2 Å². The number of benzene rings is 3. The first-order valence-corrected chi connectivity index (χ1v) is 10.1. The molecule has 0 fully saturated rings. The summed E-state index contributed by atoms with van der Waals surface area (Å²) >= 11 is 0. The highest BCUT2D eigenvalue weighted by Gasteiger charge is 2.18. The lowest BCUT2D eigenvalue weighted by Crippen LogP contribution is -2.25. The van der Waals surface area contributed by atoms with Crippen LogP contribution >= 0.6 is 0 Å². The molecule has 0 aliphatic rings. The lowest BCUT2D eigenvalue weighted by Gasteiger charge is -2.25. The molecule has 0 radical (unpaired) electrons. The number of hydrogen-bond acceptors (Lipinski definition) is 5. The van der Waals surface area contributed by atoms with E-state index in [1.807, 2.05) is 16.7 Å². The van der Waals surface area contributed by atoms with Gasteiger partial charge in [-0.1, -0.05) is 30.3 Å². The van der Waals surface area contributed by atoms with Gasteiger partial charge in [-0.05, 0) is 47.5 Å². The van der Waals surface area contributed by atoms with Gasteiger partial charge in [-0.25, -0.2) is 8.78 Å². The summed E-state index contributed by atoms with van der Waals surface area (Å²) < 4.78 is 30.5. The van der Waals surface area contributed by atoms with Gasteiger partial charge in [-0.3, -0.25) is 0 Å². The molecule has 8 heteroatoms. The van der Waals surface area contributed by atoms with E-state index in [0.29, 0.717) is 23.5 Å². The van der Waals surface area contributed by atoms with Crippen molar-refractivity contribution in [3.05, 3.63) is 113 Å². The summed E-state index contributed by atoms with van der Waals surface area (Å²) in [7, 11) is 0. The van der Waals surface area contributed by atoms with Crippen molar-refractivity contribution in [1.82, 2.24) is 14.8 Å². The molecule has 33 heavy (non-hydrogen) atoms. The Morgan fingerprint density at radius 3 is 2.09 bits per heavy atom. The van der Waals surface area contributed by atoms with Gasteiger partial charge < -0.3 is 9.47 Å². The Labute approximate surface area is 189 Å². The van der Waals surface area contributed by atoms with Gasteiger partial charge in [0.2, 0.25) is 0 Å². The molecule has 0 saturated heterocycles. The summed E-state index contributed by atoms with van der Waals surface area (Å²) in [5, 5.41) is 26.2. The molecule has 3 aromatic carbocycles. The van der Waals surface area contributed by atoms with E-state index in [1.54, 1.807) is 47.6 Å². The second kappa shape index (κ2) is 9.71. The van der Waals surface area contributed by atoms with Gasteiger partial charge >= 0.3 is 0 Å². The van der Waals surface area contributed by atoms with E-state index in [1.165, 1.54) is 12.1 Å². The maximum atomic E-state index is 14.7. The van der Waals surface area contributed by atoms with E-state index < -0.39 is 11.6 Å². The van der Waals surface area contributed by atoms with E-state index in [2.05, 4.69) is 22.3 Å². The van der Waals surface area contributed by atoms with Crippen LogP contribution in [-0.4, -0.2) is 14.8 Å². The lowest BCUT2D eigenvalue weighted by molar-refractivity contribution is 0.504. The van der Waals surface area contributed by atoms with Crippen molar-refractivity contribution in [3.8, 4) is 12.1 Å². The van der Waals surface area contributed by atoms with Gasteiger partial charge in [0.05, 0.1) is 42.0 Å². The van der Waals surface area contributed by atoms with Crippen molar-refractivity contribution in [3.63, 3.8) is 0 Å². The average molecular weight is 440 g/mol. The number of rotatable bonds is 7. The highest BCUT2D eigenvalue weighted by molar-refractivity contribution is 5.49. The van der Waals surface area contributed by atoms with E-state index in [9.17, 15) is 8.78 Å². The van der Waals surface area contributed by atoms with Crippen LogP contribution in [-0.2, 0) is 19.6 Å². The van der Waals surface area contributed by atoms with Crippen LogP contribution in [0.4, 0.5) is 14.5 Å². The molecule has 162 valence electrons. The zero-order chi connectivity index (χ0) is 23.2. The Morgan fingerprint density at radius 2 is 1.45 bits per heavy atom. The van der Waals surface area contributed by atoms with Crippen LogP contribution in [0.5, 0.6) is 0 Å². The van der Waals surface area contributed by atoms with Crippen LogP contribution in [0.15, 0.2) is 73.1 Å². The molecule has 0 atom stereocenters. The SMILES string of the molecule is N#Cc1ccc(CN(Cc2nncn2Cc2ccc(C#N)cc2)c2cccc(F)c2F)cc1. The third kappa shape index (κ3) is 5.03. The highest BCUT2D eigenvalue weighted by atomic mass is 19.2. The highest BCUT2D eigenvalue weighted by Crippen LogP contribution is 2.25. The van der Waals surface area contributed by atoms with Gasteiger partial charge in [-0.15, -0.1) is 10.2 Å². The summed E-state index contributed by atoms with van der Waals surface area (Å²) in [6.45, 7) is 0.914. The normalized spacial score (nSPS) is 10.4. The molecule has 4 aromatic rings. The largest absolute Gasteiger partial charge is 0.357 e. The Balaban J connectivity index is 1.63. The molecule has 0 aliphatic carbocycles. The summed E-state index contributed by atoms with van der Waals surface area (Å²) in [5.74, 6) is -1.31. The van der Waals surface area contributed by atoms with Crippen LogP contribution in [0.25, 0.3) is 0 Å². The van der Waals surface area contributed by atoms with Gasteiger partial charge in [-0.2, -0.15) is 10.5 Å². The van der Waals surface area contributed by atoms with Gasteiger partial charge in [0.15, 0.2) is 17.5 Å². The summed E-state index contributed by atoms with van der Waals surface area (Å²) in [6, 6.07) is 22.3. The second-order valence-corrected chi connectivity index (χ2v) is 7.42. The Hall–Kier alpha value is -4.56. The minimum Gasteiger partial charge on any atom is -0.357 e. The first kappa shape index (κ1) is 21.7. The molecule has 0 saturated carbocycles. The third-order valence-electron chi connectivity index (χ3n) is 5.19. The van der Waals surface area contributed by atoms with E-state index >= 15 is 0 Å². The van der Waals surface area contributed by atoms with Crippen molar-refractivity contribution in [2.45, 2.75) is 19.6 Å². The molecule has 0 unspecified atom stereocenters. The fourth-order valence-corrected chi connectivity index (χ4v) is 3.45. The minimum absolute atomic E-state index is 0.104. The lowest BCUT2D eigenvalue weighted by atomic mass is 10.1. The van der Waals surface area contributed by atoms with Crippen molar-refractivity contribution in [2.24, 2.45) is 0 Å². The molecule has 0 bridgehead atoms. The average Bonchev–Trinajstić information content (AvgIpc) is 3.28. The van der Waals surface area contributed by atoms with Crippen LogP contribution in [0, 0.1) is 34.3 Å². The van der Waals surface area contributed by atoms with Gasteiger partial charge in [0, 0.05) is 6.54 Å². The minimum atomic E-state index is -0.940. The molecule has 0 aliphatic heterocycles. The quantitative estimate of drug-likeness (QED) is 0.421. The monoisotopic (exact) mass is 440 g/mol. The van der Waals surface area contributed by atoms with E-state index in [4.69, 9.17) is 10.5 Å².